The van der Waals surface area contributed by atoms with Crippen LogP contribution in [0.3, 0.4) is 0 Å². The second kappa shape index (κ2) is 8.36. The Morgan fingerprint density at radius 1 is 1.27 bits per heavy atom. The highest BCUT2D eigenvalue weighted by molar-refractivity contribution is 6.30. The summed E-state index contributed by atoms with van der Waals surface area (Å²) in [6.07, 6.45) is 2.01. The number of nitrogens with two attached hydrogens (primary N) is 1. The van der Waals surface area contributed by atoms with Crippen molar-refractivity contribution >= 4 is 17.5 Å². The number of carbonyl (C=O) groups is 1. The van der Waals surface area contributed by atoms with Gasteiger partial charge in [0.25, 0.3) is 0 Å². The number of benzene rings is 1. The summed E-state index contributed by atoms with van der Waals surface area (Å²) < 4.78 is 5.38. The van der Waals surface area contributed by atoms with Crippen LogP contribution in [0, 0.1) is 0 Å². The molecular formula is C16H18ClN3O2. The van der Waals surface area contributed by atoms with Crippen molar-refractivity contribution in [2.24, 2.45) is 5.73 Å². The standard InChI is InChI=1S/C16H18ClN3O2/c17-13-6-7-15(20-11-13)22-9-8-19-16(21)14(18)10-12-4-2-1-3-5-12/h1-7,11,14H,8-10,18H2,(H,19,21). The summed E-state index contributed by atoms with van der Waals surface area (Å²) >= 11 is 5.73. The molecule has 1 atom stereocenters. The SMILES string of the molecule is NC(Cc1ccccc1)C(=O)NCCOc1ccc(Cl)cn1. The summed E-state index contributed by atoms with van der Waals surface area (Å²) in [6, 6.07) is 12.5. The fourth-order valence-electron chi connectivity index (χ4n) is 1.87. The van der Waals surface area contributed by atoms with E-state index in [0.29, 0.717) is 30.5 Å². The zero-order chi connectivity index (χ0) is 15.8. The van der Waals surface area contributed by atoms with Gasteiger partial charge in [0.2, 0.25) is 11.8 Å². The fraction of sp³-hybridized carbons (Fsp3) is 0.250. The Morgan fingerprint density at radius 2 is 2.05 bits per heavy atom. The second-order valence-electron chi connectivity index (χ2n) is 4.75. The van der Waals surface area contributed by atoms with Crippen molar-refractivity contribution < 1.29 is 9.53 Å². The first-order valence-corrected chi connectivity index (χ1v) is 7.34. The maximum Gasteiger partial charge on any atom is 0.237 e. The zero-order valence-electron chi connectivity index (χ0n) is 12.0. The molecule has 0 saturated heterocycles. The Morgan fingerprint density at radius 3 is 2.73 bits per heavy atom. The molecule has 2 aromatic rings. The van der Waals surface area contributed by atoms with Crippen molar-refractivity contribution in [1.29, 1.82) is 0 Å². The number of hydrogen-bond acceptors (Lipinski definition) is 4. The van der Waals surface area contributed by atoms with Crippen LogP contribution in [-0.2, 0) is 11.2 Å². The van der Waals surface area contributed by atoms with Gasteiger partial charge in [0.05, 0.1) is 17.6 Å². The van der Waals surface area contributed by atoms with E-state index in [1.807, 2.05) is 30.3 Å². The summed E-state index contributed by atoms with van der Waals surface area (Å²) in [5.74, 6) is 0.267. The number of rotatable bonds is 7. The molecule has 5 nitrogen and oxygen atoms in total. The quantitative estimate of drug-likeness (QED) is 0.763. The van der Waals surface area contributed by atoms with Crippen LogP contribution in [0.2, 0.25) is 5.02 Å². The summed E-state index contributed by atoms with van der Waals surface area (Å²) in [6.45, 7) is 0.685. The minimum absolute atomic E-state index is 0.198. The zero-order valence-corrected chi connectivity index (χ0v) is 12.8. The largest absolute Gasteiger partial charge is 0.476 e. The van der Waals surface area contributed by atoms with Crippen LogP contribution >= 0.6 is 11.6 Å². The predicted molar refractivity (Wildman–Crippen MR) is 85.9 cm³/mol. The van der Waals surface area contributed by atoms with Crippen molar-refractivity contribution in [2.45, 2.75) is 12.5 Å². The molecule has 0 saturated carbocycles. The topological polar surface area (TPSA) is 77.2 Å². The van der Waals surface area contributed by atoms with Gasteiger partial charge in [-0.1, -0.05) is 41.9 Å². The van der Waals surface area contributed by atoms with Gasteiger partial charge in [-0.25, -0.2) is 4.98 Å². The van der Waals surface area contributed by atoms with Gasteiger partial charge >= 0.3 is 0 Å². The third-order valence-electron chi connectivity index (χ3n) is 2.99. The smallest absolute Gasteiger partial charge is 0.237 e. The normalized spacial score (nSPS) is 11.7. The molecule has 1 aromatic heterocycles. The maximum atomic E-state index is 11.9. The van der Waals surface area contributed by atoms with Gasteiger partial charge in [0, 0.05) is 12.3 Å². The van der Waals surface area contributed by atoms with Gasteiger partial charge in [-0.05, 0) is 18.1 Å². The van der Waals surface area contributed by atoms with Crippen LogP contribution in [0.5, 0.6) is 5.88 Å². The highest BCUT2D eigenvalue weighted by Crippen LogP contribution is 2.10. The van der Waals surface area contributed by atoms with E-state index in [1.54, 1.807) is 12.1 Å². The van der Waals surface area contributed by atoms with E-state index in [2.05, 4.69) is 10.3 Å². The first-order chi connectivity index (χ1) is 10.6. The Balaban J connectivity index is 1.67. The van der Waals surface area contributed by atoms with Gasteiger partial charge < -0.3 is 15.8 Å². The summed E-state index contributed by atoms with van der Waals surface area (Å²) in [5, 5.41) is 3.29. The van der Waals surface area contributed by atoms with Gasteiger partial charge in [0.15, 0.2) is 0 Å². The molecule has 0 aliphatic heterocycles. The Kier molecular flexibility index (Phi) is 6.18. The average molecular weight is 320 g/mol. The predicted octanol–water partition coefficient (Wildman–Crippen LogP) is 1.80. The molecule has 1 amide bonds. The Hall–Kier alpha value is -2.11. The number of pyridine rings is 1. The van der Waals surface area contributed by atoms with Crippen LogP contribution in [-0.4, -0.2) is 30.1 Å². The molecule has 116 valence electrons. The van der Waals surface area contributed by atoms with Crippen LogP contribution in [0.25, 0.3) is 0 Å². The van der Waals surface area contributed by atoms with E-state index in [-0.39, 0.29) is 5.91 Å². The minimum atomic E-state index is -0.573. The molecule has 1 heterocycles. The first kappa shape index (κ1) is 16.3. The number of hydrogen-bond donors (Lipinski definition) is 2. The average Bonchev–Trinajstić information content (AvgIpc) is 2.54. The van der Waals surface area contributed by atoms with E-state index in [1.165, 1.54) is 6.20 Å². The molecule has 0 spiro atoms. The molecule has 1 aromatic carbocycles. The monoisotopic (exact) mass is 319 g/mol. The number of aromatic nitrogens is 1. The van der Waals surface area contributed by atoms with Gasteiger partial charge in [-0.3, -0.25) is 4.79 Å². The molecule has 6 heteroatoms. The van der Waals surface area contributed by atoms with Crippen molar-refractivity contribution in [2.75, 3.05) is 13.2 Å². The van der Waals surface area contributed by atoms with Crippen LogP contribution < -0.4 is 15.8 Å². The molecule has 0 aliphatic carbocycles. The van der Waals surface area contributed by atoms with Crippen molar-refractivity contribution in [1.82, 2.24) is 10.3 Å². The molecule has 0 fully saturated rings. The lowest BCUT2D eigenvalue weighted by Crippen LogP contribution is -2.43. The van der Waals surface area contributed by atoms with Crippen LogP contribution in [0.15, 0.2) is 48.7 Å². The Bertz CT molecular complexity index is 590. The van der Waals surface area contributed by atoms with E-state index in [4.69, 9.17) is 22.1 Å². The summed E-state index contributed by atoms with van der Waals surface area (Å²) in [5.41, 5.74) is 6.91. The number of halogens is 1. The molecule has 3 N–H and O–H groups in total. The third-order valence-corrected chi connectivity index (χ3v) is 3.21. The van der Waals surface area contributed by atoms with E-state index < -0.39 is 6.04 Å². The van der Waals surface area contributed by atoms with Gasteiger partial charge in [-0.2, -0.15) is 0 Å². The van der Waals surface area contributed by atoms with Crippen molar-refractivity contribution in [3.05, 3.63) is 59.2 Å². The highest BCUT2D eigenvalue weighted by atomic mass is 35.5. The second-order valence-corrected chi connectivity index (χ2v) is 5.19. The number of nitrogens with one attached hydrogen (secondary N) is 1. The lowest BCUT2D eigenvalue weighted by atomic mass is 10.1. The number of nitrogens with zero attached hydrogens (tertiary/aromatic N) is 1. The van der Waals surface area contributed by atoms with Gasteiger partial charge in [-0.15, -0.1) is 0 Å². The first-order valence-electron chi connectivity index (χ1n) is 6.97. The maximum absolute atomic E-state index is 11.9. The lowest BCUT2D eigenvalue weighted by Gasteiger charge is -2.12. The molecule has 0 radical (unpaired) electrons. The molecule has 0 bridgehead atoms. The molecular weight excluding hydrogens is 302 g/mol. The number of amides is 1. The Labute approximate surface area is 134 Å². The lowest BCUT2D eigenvalue weighted by molar-refractivity contribution is -0.122. The minimum Gasteiger partial charge on any atom is -0.476 e. The van der Waals surface area contributed by atoms with Crippen molar-refractivity contribution in [3.63, 3.8) is 0 Å². The van der Waals surface area contributed by atoms with Crippen LogP contribution in [0.1, 0.15) is 5.56 Å². The summed E-state index contributed by atoms with van der Waals surface area (Å²) in [4.78, 5) is 15.9. The van der Waals surface area contributed by atoms with E-state index in [0.717, 1.165) is 5.56 Å². The summed E-state index contributed by atoms with van der Waals surface area (Å²) in [7, 11) is 0. The third kappa shape index (κ3) is 5.35. The van der Waals surface area contributed by atoms with E-state index in [9.17, 15) is 4.79 Å². The molecule has 22 heavy (non-hydrogen) atoms. The number of ether oxygens (including phenoxy) is 1. The highest BCUT2D eigenvalue weighted by Gasteiger charge is 2.13. The molecule has 0 aliphatic rings. The number of carbonyl (C=O) groups excluding carboxylic acids is 1. The van der Waals surface area contributed by atoms with Crippen LogP contribution in [0.4, 0.5) is 0 Å². The molecule has 1 unspecified atom stereocenters. The van der Waals surface area contributed by atoms with Gasteiger partial charge in [0.1, 0.15) is 6.61 Å². The van der Waals surface area contributed by atoms with E-state index >= 15 is 0 Å². The molecule has 2 rings (SSSR count). The van der Waals surface area contributed by atoms with Crippen molar-refractivity contribution in [3.8, 4) is 5.88 Å². The fourth-order valence-corrected chi connectivity index (χ4v) is 1.98.